The summed E-state index contributed by atoms with van der Waals surface area (Å²) in [5.41, 5.74) is 0.750. The number of benzene rings is 2. The zero-order chi connectivity index (χ0) is 23.7. The second-order valence-corrected chi connectivity index (χ2v) is 7.14. The van der Waals surface area contributed by atoms with Crippen LogP contribution in [0.15, 0.2) is 64.6 Å². The highest BCUT2D eigenvalue weighted by Crippen LogP contribution is 2.33. The quantitative estimate of drug-likeness (QED) is 0.272. The standard InChI is InChI=1S/C23H17N3O7/c1-13-3-9-17(19(11-13)26(30)31)20-10-8-16(33-20)12-18-21(27)24-23(29)25(22(18)28)14-4-6-15(32-2)7-5-14/h3-12H,1-2H3,(H,24,27,29)/b18-12-. The number of methoxy groups -OCH3 is 1. The van der Waals surface area contributed by atoms with Crippen molar-refractivity contribution in [3.63, 3.8) is 0 Å². The smallest absolute Gasteiger partial charge is 0.335 e. The van der Waals surface area contributed by atoms with Crippen LogP contribution in [0.5, 0.6) is 5.75 Å². The molecule has 1 fully saturated rings. The first-order valence-electron chi connectivity index (χ1n) is 9.69. The monoisotopic (exact) mass is 447 g/mol. The van der Waals surface area contributed by atoms with Gasteiger partial charge in [-0.25, -0.2) is 9.69 Å². The van der Waals surface area contributed by atoms with Crippen molar-refractivity contribution in [3.05, 3.63) is 81.6 Å². The highest BCUT2D eigenvalue weighted by Gasteiger charge is 2.37. The molecule has 10 heteroatoms. The van der Waals surface area contributed by atoms with Gasteiger partial charge in [0.2, 0.25) is 0 Å². The van der Waals surface area contributed by atoms with Crippen molar-refractivity contribution >= 4 is 35.3 Å². The molecule has 10 nitrogen and oxygen atoms in total. The largest absolute Gasteiger partial charge is 0.497 e. The number of nitrogens with zero attached hydrogens (tertiary/aromatic N) is 2. The van der Waals surface area contributed by atoms with Gasteiger partial charge < -0.3 is 9.15 Å². The van der Waals surface area contributed by atoms with Crippen LogP contribution in [-0.2, 0) is 9.59 Å². The third-order valence-corrected chi connectivity index (χ3v) is 4.96. The third kappa shape index (κ3) is 4.09. The zero-order valence-electron chi connectivity index (χ0n) is 17.5. The summed E-state index contributed by atoms with van der Waals surface area (Å²) in [6, 6.07) is 12.9. The molecule has 0 bridgehead atoms. The lowest BCUT2D eigenvalue weighted by molar-refractivity contribution is -0.384. The van der Waals surface area contributed by atoms with E-state index in [0.29, 0.717) is 11.3 Å². The normalized spacial score (nSPS) is 15.0. The molecule has 1 saturated heterocycles. The van der Waals surface area contributed by atoms with Crippen LogP contribution in [0.4, 0.5) is 16.2 Å². The minimum Gasteiger partial charge on any atom is -0.497 e. The van der Waals surface area contributed by atoms with Gasteiger partial charge in [-0.1, -0.05) is 6.07 Å². The summed E-state index contributed by atoms with van der Waals surface area (Å²) in [5, 5.41) is 13.5. The first kappa shape index (κ1) is 21.5. The van der Waals surface area contributed by atoms with E-state index in [9.17, 15) is 24.5 Å². The fraction of sp³-hybridized carbons (Fsp3) is 0.0870. The molecule has 0 radical (unpaired) electrons. The number of aryl methyl sites for hydroxylation is 1. The van der Waals surface area contributed by atoms with E-state index in [0.717, 1.165) is 4.90 Å². The maximum Gasteiger partial charge on any atom is 0.335 e. The third-order valence-electron chi connectivity index (χ3n) is 4.96. The highest BCUT2D eigenvalue weighted by atomic mass is 16.6. The van der Waals surface area contributed by atoms with E-state index in [1.165, 1.54) is 43.5 Å². The van der Waals surface area contributed by atoms with Crippen LogP contribution in [0, 0.1) is 17.0 Å². The Bertz CT molecular complexity index is 1320. The van der Waals surface area contributed by atoms with Crippen molar-refractivity contribution in [1.29, 1.82) is 0 Å². The molecule has 0 unspecified atom stereocenters. The first-order chi connectivity index (χ1) is 15.8. The minimum absolute atomic E-state index is 0.113. The number of carbonyl (C=O) groups is 3. The molecule has 33 heavy (non-hydrogen) atoms. The molecule has 1 N–H and O–H groups in total. The Morgan fingerprint density at radius 2 is 1.79 bits per heavy atom. The van der Waals surface area contributed by atoms with Crippen molar-refractivity contribution in [2.24, 2.45) is 0 Å². The number of imide groups is 2. The molecule has 2 aromatic carbocycles. The molecule has 166 valence electrons. The second kappa shape index (κ2) is 8.42. The molecule has 0 spiro atoms. The van der Waals surface area contributed by atoms with Crippen LogP contribution in [0.2, 0.25) is 0 Å². The summed E-state index contributed by atoms with van der Waals surface area (Å²) in [4.78, 5) is 49.4. The van der Waals surface area contributed by atoms with Crippen LogP contribution < -0.4 is 15.0 Å². The van der Waals surface area contributed by atoms with Crippen LogP contribution in [0.25, 0.3) is 17.4 Å². The Morgan fingerprint density at radius 3 is 2.45 bits per heavy atom. The van der Waals surface area contributed by atoms with Crippen LogP contribution >= 0.6 is 0 Å². The number of urea groups is 1. The first-order valence-corrected chi connectivity index (χ1v) is 9.69. The predicted octanol–water partition coefficient (Wildman–Crippen LogP) is 3.84. The number of anilines is 1. The molecule has 2 heterocycles. The number of ether oxygens (including phenoxy) is 1. The average Bonchev–Trinajstić information content (AvgIpc) is 3.25. The number of hydrogen-bond acceptors (Lipinski definition) is 7. The van der Waals surface area contributed by atoms with E-state index >= 15 is 0 Å². The lowest BCUT2D eigenvalue weighted by Gasteiger charge is -2.26. The summed E-state index contributed by atoms with van der Waals surface area (Å²) >= 11 is 0. The van der Waals surface area contributed by atoms with Gasteiger partial charge in [0.05, 0.1) is 23.3 Å². The summed E-state index contributed by atoms with van der Waals surface area (Å²) in [5.74, 6) is -0.881. The van der Waals surface area contributed by atoms with E-state index in [-0.39, 0.29) is 34.0 Å². The van der Waals surface area contributed by atoms with E-state index in [2.05, 4.69) is 5.32 Å². The molecular weight excluding hydrogens is 430 g/mol. The van der Waals surface area contributed by atoms with Crippen LogP contribution in [0.1, 0.15) is 11.3 Å². The van der Waals surface area contributed by atoms with E-state index in [4.69, 9.17) is 9.15 Å². The Morgan fingerprint density at radius 1 is 1.06 bits per heavy atom. The molecule has 0 atom stereocenters. The number of hydrogen-bond donors (Lipinski definition) is 1. The molecule has 4 rings (SSSR count). The van der Waals surface area contributed by atoms with E-state index in [1.807, 2.05) is 0 Å². The fourth-order valence-electron chi connectivity index (χ4n) is 3.34. The molecule has 0 aliphatic carbocycles. The number of furan rings is 1. The number of nitro benzene ring substituents is 1. The Kier molecular flexibility index (Phi) is 5.49. The molecule has 3 aromatic rings. The number of nitrogens with one attached hydrogen (secondary N) is 1. The Hall–Kier alpha value is -4.73. The van der Waals surface area contributed by atoms with Crippen molar-refractivity contribution in [2.75, 3.05) is 12.0 Å². The number of carbonyl (C=O) groups excluding carboxylic acids is 3. The van der Waals surface area contributed by atoms with Crippen molar-refractivity contribution < 1.29 is 28.5 Å². The van der Waals surface area contributed by atoms with Gasteiger partial charge in [-0.3, -0.25) is 25.0 Å². The Balaban J connectivity index is 1.68. The average molecular weight is 447 g/mol. The Labute approximate surface area is 187 Å². The molecule has 1 aromatic heterocycles. The number of amides is 4. The maximum absolute atomic E-state index is 13.0. The lowest BCUT2D eigenvalue weighted by atomic mass is 10.1. The summed E-state index contributed by atoms with van der Waals surface area (Å²) < 4.78 is 10.7. The van der Waals surface area contributed by atoms with Crippen molar-refractivity contribution in [1.82, 2.24) is 5.32 Å². The summed E-state index contributed by atoms with van der Waals surface area (Å²) in [7, 11) is 1.48. The van der Waals surface area contributed by atoms with Gasteiger partial charge in [0.15, 0.2) is 0 Å². The maximum atomic E-state index is 13.0. The summed E-state index contributed by atoms with van der Waals surface area (Å²) in [6.45, 7) is 1.73. The van der Waals surface area contributed by atoms with Gasteiger partial charge in [0.25, 0.3) is 17.5 Å². The van der Waals surface area contributed by atoms with Gasteiger partial charge >= 0.3 is 6.03 Å². The SMILES string of the molecule is COc1ccc(N2C(=O)NC(=O)/C(=C/c3ccc(-c4ccc(C)cc4[N+](=O)[O-])o3)C2=O)cc1. The van der Waals surface area contributed by atoms with Gasteiger partial charge in [-0.15, -0.1) is 0 Å². The van der Waals surface area contributed by atoms with Gasteiger partial charge in [-0.05, 0) is 61.0 Å². The molecule has 1 aliphatic heterocycles. The topological polar surface area (TPSA) is 132 Å². The number of barbiturate groups is 1. The molecule has 4 amide bonds. The van der Waals surface area contributed by atoms with Gasteiger partial charge in [0, 0.05) is 6.07 Å². The number of nitro groups is 1. The predicted molar refractivity (Wildman–Crippen MR) is 118 cm³/mol. The van der Waals surface area contributed by atoms with Crippen LogP contribution in [0.3, 0.4) is 0 Å². The van der Waals surface area contributed by atoms with E-state index < -0.39 is 22.8 Å². The summed E-state index contributed by atoms with van der Waals surface area (Å²) in [6.07, 6.45) is 1.18. The fourth-order valence-corrected chi connectivity index (χ4v) is 3.34. The lowest BCUT2D eigenvalue weighted by Crippen LogP contribution is -2.54. The van der Waals surface area contributed by atoms with Crippen molar-refractivity contribution in [2.45, 2.75) is 6.92 Å². The van der Waals surface area contributed by atoms with Crippen LogP contribution in [-0.4, -0.2) is 29.9 Å². The molecule has 0 saturated carbocycles. The molecule has 1 aliphatic rings. The zero-order valence-corrected chi connectivity index (χ0v) is 17.5. The molecular formula is C23H17N3O7. The van der Waals surface area contributed by atoms with Gasteiger partial charge in [0.1, 0.15) is 22.8 Å². The minimum atomic E-state index is -0.886. The van der Waals surface area contributed by atoms with E-state index in [1.54, 1.807) is 31.2 Å². The van der Waals surface area contributed by atoms with Gasteiger partial charge in [-0.2, -0.15) is 0 Å². The second-order valence-electron chi connectivity index (χ2n) is 7.14. The highest BCUT2D eigenvalue weighted by molar-refractivity contribution is 6.39. The number of rotatable bonds is 5. The van der Waals surface area contributed by atoms with Crippen molar-refractivity contribution in [3.8, 4) is 17.1 Å².